The molecule has 3 N–H and O–H groups in total. The van der Waals surface area contributed by atoms with Crippen LogP contribution in [0.5, 0.6) is 5.75 Å². The van der Waals surface area contributed by atoms with Gasteiger partial charge in [-0.3, -0.25) is 4.79 Å². The number of hydrogen-bond donors (Lipinski definition) is 2. The molecular weight excluding hydrogens is 308 g/mol. The molecule has 0 aliphatic rings. The summed E-state index contributed by atoms with van der Waals surface area (Å²) in [7, 11) is 0. The van der Waals surface area contributed by atoms with Crippen LogP contribution < -0.4 is 15.8 Å². The van der Waals surface area contributed by atoms with Crippen molar-refractivity contribution in [1.82, 2.24) is 5.32 Å². The third-order valence-corrected chi connectivity index (χ3v) is 3.16. The van der Waals surface area contributed by atoms with Gasteiger partial charge >= 0.3 is 0 Å². The molecule has 0 fully saturated rings. The molecule has 0 spiro atoms. The summed E-state index contributed by atoms with van der Waals surface area (Å²) in [5.41, 5.74) is 5.48. The van der Waals surface area contributed by atoms with Crippen molar-refractivity contribution in [2.24, 2.45) is 11.7 Å². The van der Waals surface area contributed by atoms with Crippen molar-refractivity contribution in [1.29, 1.82) is 0 Å². The minimum absolute atomic E-state index is 0.0538. The fourth-order valence-corrected chi connectivity index (χ4v) is 1.82. The maximum atomic E-state index is 11.5. The van der Waals surface area contributed by atoms with E-state index in [1.165, 1.54) is 0 Å². The summed E-state index contributed by atoms with van der Waals surface area (Å²) in [6.45, 7) is 3.78. The molecule has 1 atom stereocenters. The average Bonchev–Trinajstić information content (AvgIpc) is 2.41. The van der Waals surface area contributed by atoms with Gasteiger partial charge in [-0.1, -0.05) is 28.9 Å². The van der Waals surface area contributed by atoms with Crippen molar-refractivity contribution in [3.63, 3.8) is 0 Å². The highest BCUT2D eigenvalue weighted by molar-refractivity contribution is 9.10. The molecule has 0 bridgehead atoms. The lowest BCUT2D eigenvalue weighted by Gasteiger charge is -2.10. The van der Waals surface area contributed by atoms with E-state index in [0.29, 0.717) is 38.5 Å². The molecule has 1 aromatic carbocycles. The van der Waals surface area contributed by atoms with Crippen molar-refractivity contribution in [2.75, 3.05) is 19.7 Å². The Morgan fingerprint density at radius 3 is 3.00 bits per heavy atom. The molecule has 4 nitrogen and oxygen atoms in total. The Balaban J connectivity index is 2.12. The van der Waals surface area contributed by atoms with Gasteiger partial charge in [-0.05, 0) is 37.1 Å². The Morgan fingerprint density at radius 2 is 2.32 bits per heavy atom. The van der Waals surface area contributed by atoms with Gasteiger partial charge in [-0.15, -0.1) is 0 Å². The fourth-order valence-electron chi connectivity index (χ4n) is 1.44. The highest BCUT2D eigenvalue weighted by atomic mass is 79.9. The van der Waals surface area contributed by atoms with Crippen molar-refractivity contribution < 1.29 is 9.53 Å². The van der Waals surface area contributed by atoms with Gasteiger partial charge in [-0.25, -0.2) is 0 Å². The summed E-state index contributed by atoms with van der Waals surface area (Å²) < 4.78 is 6.54. The third-order valence-electron chi connectivity index (χ3n) is 2.66. The number of nitrogens with two attached hydrogens (primary N) is 1. The quantitative estimate of drug-likeness (QED) is 0.720. The van der Waals surface area contributed by atoms with E-state index < -0.39 is 0 Å². The van der Waals surface area contributed by atoms with Crippen LogP contribution in [0.2, 0.25) is 0 Å². The fraction of sp³-hybridized carbons (Fsp3) is 0.500. The second kappa shape index (κ2) is 8.93. The summed E-state index contributed by atoms with van der Waals surface area (Å²) >= 11 is 3.38. The lowest BCUT2D eigenvalue weighted by Crippen LogP contribution is -2.31. The van der Waals surface area contributed by atoms with Crippen LogP contribution in [0, 0.1) is 5.92 Å². The van der Waals surface area contributed by atoms with Crippen molar-refractivity contribution in [3.05, 3.63) is 28.7 Å². The van der Waals surface area contributed by atoms with E-state index in [9.17, 15) is 4.79 Å². The Kier molecular flexibility index (Phi) is 7.52. The number of benzene rings is 1. The number of nitrogens with one attached hydrogen (secondary N) is 1. The molecule has 1 unspecified atom stereocenters. The van der Waals surface area contributed by atoms with Crippen LogP contribution in [0.1, 0.15) is 19.8 Å². The molecule has 0 saturated carbocycles. The molecule has 0 aliphatic heterocycles. The molecule has 106 valence electrons. The maximum absolute atomic E-state index is 11.5. The summed E-state index contributed by atoms with van der Waals surface area (Å²) in [6.07, 6.45) is 1.18. The zero-order valence-corrected chi connectivity index (χ0v) is 12.8. The summed E-state index contributed by atoms with van der Waals surface area (Å²) in [5, 5.41) is 2.86. The predicted octanol–water partition coefficient (Wildman–Crippen LogP) is 2.32. The van der Waals surface area contributed by atoms with Crippen molar-refractivity contribution in [3.8, 4) is 5.75 Å². The highest BCUT2D eigenvalue weighted by Gasteiger charge is 2.04. The van der Waals surface area contributed by atoms with E-state index >= 15 is 0 Å². The van der Waals surface area contributed by atoms with Crippen LogP contribution in [0.4, 0.5) is 0 Å². The van der Waals surface area contributed by atoms with E-state index in [1.807, 2.05) is 31.2 Å². The minimum atomic E-state index is 0.0538. The first-order chi connectivity index (χ1) is 9.11. The van der Waals surface area contributed by atoms with Crippen LogP contribution in [-0.2, 0) is 4.79 Å². The minimum Gasteiger partial charge on any atom is -0.494 e. The van der Waals surface area contributed by atoms with E-state index in [1.54, 1.807) is 0 Å². The van der Waals surface area contributed by atoms with Gasteiger partial charge in [0.25, 0.3) is 0 Å². The second-order valence-electron chi connectivity index (χ2n) is 4.55. The number of halogens is 1. The van der Waals surface area contributed by atoms with Gasteiger partial charge in [0, 0.05) is 17.4 Å². The summed E-state index contributed by atoms with van der Waals surface area (Å²) in [4.78, 5) is 11.5. The largest absolute Gasteiger partial charge is 0.494 e. The monoisotopic (exact) mass is 328 g/mol. The van der Waals surface area contributed by atoms with E-state index in [0.717, 1.165) is 10.2 Å². The first-order valence-corrected chi connectivity index (χ1v) is 7.26. The van der Waals surface area contributed by atoms with Crippen molar-refractivity contribution in [2.45, 2.75) is 19.8 Å². The second-order valence-corrected chi connectivity index (χ2v) is 5.47. The molecule has 5 heteroatoms. The molecule has 0 heterocycles. The Labute approximate surface area is 122 Å². The maximum Gasteiger partial charge on any atom is 0.220 e. The van der Waals surface area contributed by atoms with Gasteiger partial charge in [0.2, 0.25) is 5.91 Å². The van der Waals surface area contributed by atoms with Gasteiger partial charge in [-0.2, -0.15) is 0 Å². The van der Waals surface area contributed by atoms with E-state index in [4.69, 9.17) is 10.5 Å². The normalized spacial score (nSPS) is 11.9. The predicted molar refractivity (Wildman–Crippen MR) is 80.1 cm³/mol. The highest BCUT2D eigenvalue weighted by Crippen LogP contribution is 2.17. The van der Waals surface area contributed by atoms with Crippen LogP contribution in [-0.4, -0.2) is 25.6 Å². The SMILES string of the molecule is CC(CN)CNC(=O)CCCOc1cccc(Br)c1. The third kappa shape index (κ3) is 7.18. The molecule has 0 aliphatic carbocycles. The Morgan fingerprint density at radius 1 is 1.53 bits per heavy atom. The number of amides is 1. The number of hydrogen-bond acceptors (Lipinski definition) is 3. The first-order valence-electron chi connectivity index (χ1n) is 6.47. The van der Waals surface area contributed by atoms with Crippen molar-refractivity contribution >= 4 is 21.8 Å². The molecule has 1 rings (SSSR count). The molecule has 1 aromatic rings. The molecule has 1 amide bonds. The molecule has 0 saturated heterocycles. The van der Waals surface area contributed by atoms with Gasteiger partial charge < -0.3 is 15.8 Å². The number of rotatable bonds is 8. The first kappa shape index (κ1) is 16.0. The van der Waals surface area contributed by atoms with Gasteiger partial charge in [0.1, 0.15) is 5.75 Å². The van der Waals surface area contributed by atoms with Gasteiger partial charge in [0.15, 0.2) is 0 Å². The Bertz CT molecular complexity index is 399. The summed E-state index contributed by atoms with van der Waals surface area (Å²) in [6, 6.07) is 7.66. The number of carbonyl (C=O) groups excluding carboxylic acids is 1. The van der Waals surface area contributed by atoms with Gasteiger partial charge in [0.05, 0.1) is 6.61 Å². The van der Waals surface area contributed by atoms with E-state index in [-0.39, 0.29) is 5.91 Å². The standard InChI is InChI=1S/C14H21BrN2O2/c1-11(9-16)10-17-14(18)6-3-7-19-13-5-2-4-12(15)8-13/h2,4-5,8,11H,3,6-7,9-10,16H2,1H3,(H,17,18). The zero-order chi connectivity index (χ0) is 14.1. The molecule has 19 heavy (non-hydrogen) atoms. The number of carbonyl (C=O) groups is 1. The Hall–Kier alpha value is -1.07. The zero-order valence-electron chi connectivity index (χ0n) is 11.2. The summed E-state index contributed by atoms with van der Waals surface area (Å²) in [5.74, 6) is 1.19. The lowest BCUT2D eigenvalue weighted by molar-refractivity contribution is -0.121. The number of ether oxygens (including phenoxy) is 1. The molecule has 0 radical (unpaired) electrons. The van der Waals surface area contributed by atoms with Crippen LogP contribution in [0.15, 0.2) is 28.7 Å². The van der Waals surface area contributed by atoms with Crippen LogP contribution >= 0.6 is 15.9 Å². The smallest absolute Gasteiger partial charge is 0.220 e. The molecular formula is C14H21BrN2O2. The average molecular weight is 329 g/mol. The van der Waals surface area contributed by atoms with Crippen LogP contribution in [0.3, 0.4) is 0 Å². The van der Waals surface area contributed by atoms with E-state index in [2.05, 4.69) is 21.2 Å². The molecule has 0 aromatic heterocycles. The topological polar surface area (TPSA) is 64.3 Å². The van der Waals surface area contributed by atoms with Crippen LogP contribution in [0.25, 0.3) is 0 Å². The lowest BCUT2D eigenvalue weighted by atomic mass is 10.2.